The van der Waals surface area contributed by atoms with Gasteiger partial charge >= 0.3 is 6.18 Å². The van der Waals surface area contributed by atoms with Gasteiger partial charge in [0.2, 0.25) is 5.91 Å². The third kappa shape index (κ3) is 3.90. The molecule has 1 aliphatic heterocycles. The molecule has 7 nitrogen and oxygen atoms in total. The molecule has 0 radical (unpaired) electrons. The number of alkyl halides is 3. The molecule has 1 saturated carbocycles. The molecule has 3 heterocycles. The number of aromatic nitrogens is 3. The molecule has 2 aliphatic rings. The standard InChI is InChI=1S/C20H23F3N6O/c1-10-17-18(29(3)11(2)19(30)28-17)27-16(25-10)8-12-6-14(7-12)26-15-5-4-13(9-24-15)20(21,22)23/h4-5,9,11-12,14H,6-8H2,1-3H3,(H,24,26)(H,28,30)/t11-,12?,14?/m0/s1. The van der Waals surface area contributed by atoms with E-state index in [0.717, 1.165) is 42.4 Å². The van der Waals surface area contributed by atoms with E-state index < -0.39 is 11.7 Å². The number of carbonyl (C=O) groups is 1. The molecular formula is C20H23F3N6O. The predicted octanol–water partition coefficient (Wildman–Crippen LogP) is 3.41. The maximum atomic E-state index is 12.6. The van der Waals surface area contributed by atoms with E-state index in [1.165, 1.54) is 6.07 Å². The highest BCUT2D eigenvalue weighted by Crippen LogP contribution is 2.35. The van der Waals surface area contributed by atoms with Gasteiger partial charge in [-0.25, -0.2) is 15.0 Å². The van der Waals surface area contributed by atoms with E-state index in [2.05, 4.69) is 25.6 Å². The maximum Gasteiger partial charge on any atom is 0.417 e. The van der Waals surface area contributed by atoms with Crippen LogP contribution in [-0.4, -0.2) is 40.0 Å². The lowest BCUT2D eigenvalue weighted by Gasteiger charge is -2.36. The number of amides is 1. The van der Waals surface area contributed by atoms with Crippen molar-refractivity contribution in [2.45, 2.75) is 51.4 Å². The number of hydrogen-bond donors (Lipinski definition) is 2. The first-order valence-corrected chi connectivity index (χ1v) is 9.83. The van der Waals surface area contributed by atoms with Crippen LogP contribution in [0.4, 0.5) is 30.5 Å². The van der Waals surface area contributed by atoms with Crippen LogP contribution < -0.4 is 15.5 Å². The van der Waals surface area contributed by atoms with E-state index in [1.54, 1.807) is 0 Å². The normalized spacial score (nSPS) is 23.5. The van der Waals surface area contributed by atoms with Crippen LogP contribution >= 0.6 is 0 Å². The molecule has 2 aromatic rings. The summed E-state index contributed by atoms with van der Waals surface area (Å²) in [7, 11) is 1.85. The smallest absolute Gasteiger partial charge is 0.367 e. The van der Waals surface area contributed by atoms with E-state index in [0.29, 0.717) is 23.8 Å². The van der Waals surface area contributed by atoms with Crippen LogP contribution in [0.2, 0.25) is 0 Å². The first kappa shape index (κ1) is 20.4. The fourth-order valence-electron chi connectivity index (χ4n) is 3.83. The second kappa shape index (κ2) is 7.41. The summed E-state index contributed by atoms with van der Waals surface area (Å²) < 4.78 is 37.9. The Hall–Kier alpha value is -2.91. The summed E-state index contributed by atoms with van der Waals surface area (Å²) in [4.78, 5) is 26.9. The topological polar surface area (TPSA) is 83.0 Å². The summed E-state index contributed by atoms with van der Waals surface area (Å²) in [6.07, 6.45) is -1.09. The number of aryl methyl sites for hydroxylation is 1. The SMILES string of the molecule is Cc1nc(CC2CC(Nc3ccc(C(F)(F)F)cn3)C2)nc2c1NC(=O)[C@H](C)N2C. The third-order valence-corrected chi connectivity index (χ3v) is 5.81. The van der Waals surface area contributed by atoms with Gasteiger partial charge in [0.05, 0.1) is 11.3 Å². The Labute approximate surface area is 172 Å². The molecule has 0 spiro atoms. The lowest BCUT2D eigenvalue weighted by molar-refractivity contribution is -0.137. The van der Waals surface area contributed by atoms with Gasteiger partial charge in [-0.05, 0) is 44.7 Å². The fourth-order valence-corrected chi connectivity index (χ4v) is 3.83. The van der Waals surface area contributed by atoms with Crippen LogP contribution in [0, 0.1) is 12.8 Å². The van der Waals surface area contributed by atoms with Crippen molar-refractivity contribution in [1.29, 1.82) is 0 Å². The third-order valence-electron chi connectivity index (χ3n) is 5.81. The molecule has 10 heteroatoms. The average molecular weight is 420 g/mol. The molecular weight excluding hydrogens is 397 g/mol. The molecule has 0 unspecified atom stereocenters. The summed E-state index contributed by atoms with van der Waals surface area (Å²) in [6, 6.07) is 2.26. The van der Waals surface area contributed by atoms with Gasteiger partial charge in [-0.15, -0.1) is 0 Å². The van der Waals surface area contributed by atoms with Crippen molar-refractivity contribution in [3.8, 4) is 0 Å². The van der Waals surface area contributed by atoms with Crippen molar-refractivity contribution in [3.05, 3.63) is 35.4 Å². The first-order valence-electron chi connectivity index (χ1n) is 9.83. The monoisotopic (exact) mass is 420 g/mol. The number of nitrogens with zero attached hydrogens (tertiary/aromatic N) is 4. The van der Waals surface area contributed by atoms with Crippen molar-refractivity contribution < 1.29 is 18.0 Å². The number of carbonyl (C=O) groups excluding carboxylic acids is 1. The fraction of sp³-hybridized carbons (Fsp3) is 0.500. The van der Waals surface area contributed by atoms with Crippen LogP contribution in [0.25, 0.3) is 0 Å². The number of likely N-dealkylation sites (N-methyl/N-ethyl adjacent to an activating group) is 1. The number of fused-ring (bicyclic) bond motifs is 1. The molecule has 30 heavy (non-hydrogen) atoms. The maximum absolute atomic E-state index is 12.6. The van der Waals surface area contributed by atoms with Crippen molar-refractivity contribution in [2.75, 3.05) is 22.6 Å². The Morgan fingerprint density at radius 2 is 2.00 bits per heavy atom. The Morgan fingerprint density at radius 1 is 1.27 bits per heavy atom. The van der Waals surface area contributed by atoms with Crippen LogP contribution in [0.15, 0.2) is 18.3 Å². The molecule has 1 aliphatic carbocycles. The van der Waals surface area contributed by atoms with Crippen molar-refractivity contribution >= 4 is 23.2 Å². The molecule has 2 N–H and O–H groups in total. The minimum Gasteiger partial charge on any atom is -0.367 e. The Morgan fingerprint density at radius 3 is 2.63 bits per heavy atom. The number of anilines is 3. The van der Waals surface area contributed by atoms with Crippen molar-refractivity contribution in [3.63, 3.8) is 0 Å². The zero-order chi connectivity index (χ0) is 21.6. The summed E-state index contributed by atoms with van der Waals surface area (Å²) in [5, 5.41) is 6.05. The van der Waals surface area contributed by atoms with Crippen molar-refractivity contribution in [2.24, 2.45) is 5.92 Å². The second-order valence-electron chi connectivity index (χ2n) is 8.01. The van der Waals surface area contributed by atoms with Crippen LogP contribution in [0.5, 0.6) is 0 Å². The van der Waals surface area contributed by atoms with Crippen LogP contribution in [0.3, 0.4) is 0 Å². The largest absolute Gasteiger partial charge is 0.417 e. The number of halogens is 3. The molecule has 160 valence electrons. The van der Waals surface area contributed by atoms with E-state index >= 15 is 0 Å². The first-order chi connectivity index (χ1) is 14.1. The van der Waals surface area contributed by atoms with E-state index in [9.17, 15) is 18.0 Å². The molecule has 0 saturated heterocycles. The van der Waals surface area contributed by atoms with E-state index in [-0.39, 0.29) is 18.0 Å². The molecule has 1 amide bonds. The zero-order valence-corrected chi connectivity index (χ0v) is 16.9. The van der Waals surface area contributed by atoms with Gasteiger partial charge in [-0.3, -0.25) is 4.79 Å². The molecule has 4 rings (SSSR count). The van der Waals surface area contributed by atoms with Gasteiger partial charge in [-0.2, -0.15) is 13.2 Å². The van der Waals surface area contributed by atoms with Gasteiger partial charge < -0.3 is 15.5 Å². The van der Waals surface area contributed by atoms with Gasteiger partial charge in [-0.1, -0.05) is 0 Å². The average Bonchev–Trinajstić information content (AvgIpc) is 2.65. The number of pyridine rings is 1. The van der Waals surface area contributed by atoms with Gasteiger partial charge in [0.25, 0.3) is 0 Å². The second-order valence-corrected chi connectivity index (χ2v) is 8.01. The van der Waals surface area contributed by atoms with Crippen LogP contribution in [0.1, 0.15) is 36.8 Å². The molecule has 0 aromatic carbocycles. The van der Waals surface area contributed by atoms with E-state index in [4.69, 9.17) is 0 Å². The molecule has 2 aromatic heterocycles. The zero-order valence-electron chi connectivity index (χ0n) is 16.9. The minimum absolute atomic E-state index is 0.0748. The lowest BCUT2D eigenvalue weighted by Crippen LogP contribution is -2.45. The Kier molecular flexibility index (Phi) is 5.03. The molecule has 1 fully saturated rings. The summed E-state index contributed by atoms with van der Waals surface area (Å²) in [5.74, 6) is 2.22. The van der Waals surface area contributed by atoms with E-state index in [1.807, 2.05) is 25.8 Å². The van der Waals surface area contributed by atoms with Crippen molar-refractivity contribution in [1.82, 2.24) is 15.0 Å². The van der Waals surface area contributed by atoms with Gasteiger partial charge in [0.1, 0.15) is 23.4 Å². The summed E-state index contributed by atoms with van der Waals surface area (Å²) in [5.41, 5.74) is 0.644. The number of nitrogens with one attached hydrogen (secondary N) is 2. The van der Waals surface area contributed by atoms with Gasteiger partial charge in [0.15, 0.2) is 5.82 Å². The summed E-state index contributed by atoms with van der Waals surface area (Å²) >= 11 is 0. The Balaban J connectivity index is 1.35. The predicted molar refractivity (Wildman–Crippen MR) is 106 cm³/mol. The minimum atomic E-state index is -4.38. The van der Waals surface area contributed by atoms with Crippen LogP contribution in [-0.2, 0) is 17.4 Å². The number of hydrogen-bond acceptors (Lipinski definition) is 6. The molecule has 1 atom stereocenters. The van der Waals surface area contributed by atoms with Gasteiger partial charge in [0, 0.05) is 25.7 Å². The highest BCUT2D eigenvalue weighted by atomic mass is 19.4. The highest BCUT2D eigenvalue weighted by molar-refractivity contribution is 6.02. The lowest BCUT2D eigenvalue weighted by atomic mass is 9.78. The Bertz CT molecular complexity index is 956. The number of rotatable bonds is 4. The molecule has 0 bridgehead atoms. The summed E-state index contributed by atoms with van der Waals surface area (Å²) in [6.45, 7) is 3.68. The quantitative estimate of drug-likeness (QED) is 0.789. The highest BCUT2D eigenvalue weighted by Gasteiger charge is 2.34.